The molecule has 102 valence electrons. The Balaban J connectivity index is 2.42. The van der Waals surface area contributed by atoms with Gasteiger partial charge in [0.1, 0.15) is 0 Å². The first-order chi connectivity index (χ1) is 9.04. The smallest absolute Gasteiger partial charge is 0.178 e. The van der Waals surface area contributed by atoms with Gasteiger partial charge in [-0.05, 0) is 62.4 Å². The maximum absolute atomic E-state index is 13.3. The molecule has 0 aliphatic carbocycles. The summed E-state index contributed by atoms with van der Waals surface area (Å²) < 4.78 is 13.3. The van der Waals surface area contributed by atoms with Gasteiger partial charge in [0.2, 0.25) is 0 Å². The summed E-state index contributed by atoms with van der Waals surface area (Å²) in [7, 11) is 0. The van der Waals surface area contributed by atoms with Gasteiger partial charge in [-0.15, -0.1) is 0 Å². The van der Waals surface area contributed by atoms with Crippen molar-refractivity contribution in [3.8, 4) is 0 Å². The van der Waals surface area contributed by atoms with Crippen molar-refractivity contribution in [3.05, 3.63) is 35.2 Å². The molecule has 0 unspecified atom stereocenters. The number of anilines is 1. The molecule has 0 fully saturated rings. The Morgan fingerprint density at radius 1 is 1.42 bits per heavy atom. The topological polar surface area (TPSA) is 20.3 Å². The van der Waals surface area contributed by atoms with Crippen molar-refractivity contribution in [1.29, 1.82) is 0 Å². The van der Waals surface area contributed by atoms with Crippen molar-refractivity contribution in [2.24, 2.45) is 0 Å². The average Bonchev–Trinajstić information content (AvgIpc) is 2.44. The van der Waals surface area contributed by atoms with E-state index < -0.39 is 5.83 Å². The number of hydrogen-bond acceptors (Lipinski definition) is 2. The van der Waals surface area contributed by atoms with Gasteiger partial charge >= 0.3 is 0 Å². The predicted octanol–water partition coefficient (Wildman–Crippen LogP) is 3.75. The minimum atomic E-state index is -0.684. The molecule has 1 aliphatic heterocycles. The van der Waals surface area contributed by atoms with E-state index in [0.717, 1.165) is 24.9 Å². The van der Waals surface area contributed by atoms with E-state index in [-0.39, 0.29) is 6.29 Å². The third-order valence-corrected chi connectivity index (χ3v) is 3.75. The summed E-state index contributed by atoms with van der Waals surface area (Å²) in [4.78, 5) is 12.9. The first-order valence-corrected chi connectivity index (χ1v) is 6.76. The van der Waals surface area contributed by atoms with E-state index in [4.69, 9.17) is 0 Å². The first-order valence-electron chi connectivity index (χ1n) is 6.76. The number of hydrogen-bond donors (Lipinski definition) is 0. The highest BCUT2D eigenvalue weighted by atomic mass is 19.1. The van der Waals surface area contributed by atoms with Crippen LogP contribution in [0.4, 0.5) is 10.1 Å². The molecule has 2 rings (SSSR count). The summed E-state index contributed by atoms with van der Waals surface area (Å²) in [6.07, 6.45) is 2.41. The van der Waals surface area contributed by atoms with Crippen LogP contribution in [-0.4, -0.2) is 18.9 Å². The largest absolute Gasteiger partial charge is 0.369 e. The van der Waals surface area contributed by atoms with Crippen molar-refractivity contribution >= 4 is 17.5 Å². The van der Waals surface area contributed by atoms with E-state index >= 15 is 0 Å². The highest BCUT2D eigenvalue weighted by Gasteiger charge is 2.19. The Morgan fingerprint density at radius 2 is 2.16 bits per heavy atom. The van der Waals surface area contributed by atoms with Crippen LogP contribution in [0.25, 0.3) is 5.57 Å². The number of fused-ring (bicyclic) bond motifs is 1. The SMILES string of the molecule is CC(=C(F)C=O)c1ccc2c(c1)CCCN2C(C)C. The van der Waals surface area contributed by atoms with Crippen LogP contribution in [0.2, 0.25) is 0 Å². The molecule has 1 aromatic rings. The lowest BCUT2D eigenvalue weighted by atomic mass is 9.95. The fourth-order valence-electron chi connectivity index (χ4n) is 2.62. The normalized spacial score (nSPS) is 16.2. The highest BCUT2D eigenvalue weighted by molar-refractivity contribution is 5.85. The van der Waals surface area contributed by atoms with Crippen molar-refractivity contribution in [2.45, 2.75) is 39.7 Å². The third-order valence-electron chi connectivity index (χ3n) is 3.75. The van der Waals surface area contributed by atoms with E-state index in [1.807, 2.05) is 18.2 Å². The van der Waals surface area contributed by atoms with Gasteiger partial charge in [0.15, 0.2) is 12.1 Å². The number of nitrogens with zero attached hydrogens (tertiary/aromatic N) is 1. The summed E-state index contributed by atoms with van der Waals surface area (Å²) >= 11 is 0. The standard InChI is InChI=1S/C16H20FNO/c1-11(2)18-8-4-5-14-9-13(6-7-16(14)18)12(3)15(17)10-19/h6-7,9-11H,4-5,8H2,1-3H3. The molecule has 0 saturated carbocycles. The predicted molar refractivity (Wildman–Crippen MR) is 77.0 cm³/mol. The number of aryl methyl sites for hydroxylation is 1. The van der Waals surface area contributed by atoms with Crippen molar-refractivity contribution in [1.82, 2.24) is 0 Å². The number of benzene rings is 1. The van der Waals surface area contributed by atoms with Crippen LogP contribution in [0, 0.1) is 0 Å². The molecule has 0 spiro atoms. The molecule has 0 atom stereocenters. The van der Waals surface area contributed by atoms with Gasteiger partial charge in [0.25, 0.3) is 0 Å². The Labute approximate surface area is 113 Å². The van der Waals surface area contributed by atoms with Crippen LogP contribution < -0.4 is 4.90 Å². The zero-order chi connectivity index (χ0) is 14.0. The lowest BCUT2D eigenvalue weighted by Crippen LogP contribution is -2.35. The molecule has 0 amide bonds. The van der Waals surface area contributed by atoms with Gasteiger partial charge in [-0.25, -0.2) is 4.39 Å². The van der Waals surface area contributed by atoms with Gasteiger partial charge < -0.3 is 4.90 Å². The summed E-state index contributed by atoms with van der Waals surface area (Å²) in [6.45, 7) is 7.08. The zero-order valence-corrected chi connectivity index (χ0v) is 11.7. The maximum atomic E-state index is 13.3. The van der Waals surface area contributed by atoms with E-state index in [0.29, 0.717) is 11.6 Å². The molecule has 3 heteroatoms. The second-order valence-corrected chi connectivity index (χ2v) is 5.32. The minimum Gasteiger partial charge on any atom is -0.369 e. The maximum Gasteiger partial charge on any atom is 0.178 e. The Bertz CT molecular complexity index is 519. The van der Waals surface area contributed by atoms with Crippen LogP contribution >= 0.6 is 0 Å². The molecule has 1 heterocycles. The zero-order valence-electron chi connectivity index (χ0n) is 11.7. The third kappa shape index (κ3) is 2.70. The highest BCUT2D eigenvalue weighted by Crippen LogP contribution is 2.31. The second kappa shape index (κ2) is 5.55. The van der Waals surface area contributed by atoms with Gasteiger partial charge in [-0.1, -0.05) is 6.07 Å². The molecular formula is C16H20FNO. The Morgan fingerprint density at radius 3 is 2.79 bits per heavy atom. The van der Waals surface area contributed by atoms with Gasteiger partial charge in [0.05, 0.1) is 0 Å². The van der Waals surface area contributed by atoms with E-state index in [1.54, 1.807) is 6.92 Å². The van der Waals surface area contributed by atoms with E-state index in [1.165, 1.54) is 11.3 Å². The Kier molecular flexibility index (Phi) is 4.03. The van der Waals surface area contributed by atoms with Crippen LogP contribution in [0.15, 0.2) is 24.0 Å². The second-order valence-electron chi connectivity index (χ2n) is 5.32. The fraction of sp³-hybridized carbons (Fsp3) is 0.438. The van der Waals surface area contributed by atoms with Crippen LogP contribution in [-0.2, 0) is 11.2 Å². The lowest BCUT2D eigenvalue weighted by Gasteiger charge is -2.35. The summed E-state index contributed by atoms with van der Waals surface area (Å²) in [5.41, 5.74) is 3.70. The molecule has 0 saturated heterocycles. The van der Waals surface area contributed by atoms with Crippen LogP contribution in [0.1, 0.15) is 38.3 Å². The molecule has 0 radical (unpaired) electrons. The summed E-state index contributed by atoms with van der Waals surface area (Å²) in [6, 6.07) is 6.43. The average molecular weight is 261 g/mol. The van der Waals surface area contributed by atoms with Crippen LogP contribution in [0.5, 0.6) is 0 Å². The fourth-order valence-corrected chi connectivity index (χ4v) is 2.62. The molecule has 0 aromatic heterocycles. The number of rotatable bonds is 3. The Hall–Kier alpha value is -1.64. The number of carbonyl (C=O) groups excluding carboxylic acids is 1. The molecule has 1 aromatic carbocycles. The molecular weight excluding hydrogens is 241 g/mol. The van der Waals surface area contributed by atoms with Gasteiger partial charge in [-0.2, -0.15) is 0 Å². The molecule has 0 N–H and O–H groups in total. The lowest BCUT2D eigenvalue weighted by molar-refractivity contribution is -0.106. The number of allylic oxidation sites excluding steroid dienone is 2. The number of halogens is 1. The van der Waals surface area contributed by atoms with E-state index in [2.05, 4.69) is 18.7 Å². The van der Waals surface area contributed by atoms with Crippen molar-refractivity contribution in [3.63, 3.8) is 0 Å². The van der Waals surface area contributed by atoms with E-state index in [9.17, 15) is 9.18 Å². The van der Waals surface area contributed by atoms with Crippen molar-refractivity contribution < 1.29 is 9.18 Å². The molecule has 0 bridgehead atoms. The minimum absolute atomic E-state index is 0.273. The number of carbonyl (C=O) groups is 1. The first kappa shape index (κ1) is 13.8. The summed E-state index contributed by atoms with van der Waals surface area (Å²) in [5, 5.41) is 0. The number of aldehydes is 1. The van der Waals surface area contributed by atoms with Crippen LogP contribution in [0.3, 0.4) is 0 Å². The molecule has 19 heavy (non-hydrogen) atoms. The van der Waals surface area contributed by atoms with Crippen molar-refractivity contribution in [2.75, 3.05) is 11.4 Å². The molecule has 2 nitrogen and oxygen atoms in total. The monoisotopic (exact) mass is 261 g/mol. The van der Waals surface area contributed by atoms with Gasteiger partial charge in [-0.3, -0.25) is 4.79 Å². The molecule has 1 aliphatic rings. The van der Waals surface area contributed by atoms with Gasteiger partial charge in [0, 0.05) is 18.3 Å². The quantitative estimate of drug-likeness (QED) is 0.610. The summed E-state index contributed by atoms with van der Waals surface area (Å²) in [5.74, 6) is -0.684.